The van der Waals surface area contributed by atoms with E-state index in [0.717, 1.165) is 11.3 Å². The molecule has 0 bridgehead atoms. The standard InChI is InChI=1S/C22H26N2O4/c1-3-24(14-18-15-27-20-11-7-8-12-21(20)28-18)22(26)13-19(23-16(2)25)17-9-5-4-6-10-17/h4-12,18-19H,3,13-15H2,1-2H3,(H,23,25). The largest absolute Gasteiger partial charge is 0.486 e. The fourth-order valence-electron chi connectivity index (χ4n) is 3.29. The van der Waals surface area contributed by atoms with Crippen LogP contribution in [0.2, 0.25) is 0 Å². The lowest BCUT2D eigenvalue weighted by atomic mass is 10.0. The molecule has 1 aliphatic heterocycles. The Morgan fingerprint density at radius 2 is 1.79 bits per heavy atom. The molecule has 0 radical (unpaired) electrons. The highest BCUT2D eigenvalue weighted by Crippen LogP contribution is 2.31. The molecule has 0 spiro atoms. The number of para-hydroxylation sites is 2. The number of likely N-dealkylation sites (N-methyl/N-ethyl adjacent to an activating group) is 1. The van der Waals surface area contributed by atoms with Crippen molar-refractivity contribution in [2.45, 2.75) is 32.4 Å². The third-order valence-corrected chi connectivity index (χ3v) is 4.68. The Balaban J connectivity index is 1.64. The van der Waals surface area contributed by atoms with Crippen LogP contribution in [0.15, 0.2) is 54.6 Å². The average molecular weight is 382 g/mol. The summed E-state index contributed by atoms with van der Waals surface area (Å²) in [5.41, 5.74) is 0.910. The molecule has 3 rings (SSSR count). The molecule has 2 amide bonds. The van der Waals surface area contributed by atoms with Gasteiger partial charge in [0.2, 0.25) is 11.8 Å². The van der Waals surface area contributed by atoms with Crippen LogP contribution in [-0.2, 0) is 9.59 Å². The summed E-state index contributed by atoms with van der Waals surface area (Å²) in [7, 11) is 0. The van der Waals surface area contributed by atoms with Gasteiger partial charge in [-0.25, -0.2) is 0 Å². The summed E-state index contributed by atoms with van der Waals surface area (Å²) in [6, 6.07) is 16.7. The summed E-state index contributed by atoms with van der Waals surface area (Å²) >= 11 is 0. The molecule has 0 aromatic heterocycles. The fourth-order valence-corrected chi connectivity index (χ4v) is 3.29. The molecular formula is C22H26N2O4. The number of ether oxygens (including phenoxy) is 2. The van der Waals surface area contributed by atoms with Crippen molar-refractivity contribution in [3.05, 3.63) is 60.2 Å². The van der Waals surface area contributed by atoms with Gasteiger partial charge in [-0.15, -0.1) is 0 Å². The average Bonchev–Trinajstić information content (AvgIpc) is 2.71. The van der Waals surface area contributed by atoms with Gasteiger partial charge in [0.25, 0.3) is 0 Å². The summed E-state index contributed by atoms with van der Waals surface area (Å²) in [4.78, 5) is 26.3. The molecule has 6 heteroatoms. The Labute approximate surface area is 165 Å². The molecular weight excluding hydrogens is 356 g/mol. The van der Waals surface area contributed by atoms with Crippen LogP contribution < -0.4 is 14.8 Å². The first kappa shape index (κ1) is 19.7. The van der Waals surface area contributed by atoms with Crippen molar-refractivity contribution >= 4 is 11.8 Å². The molecule has 2 aromatic rings. The monoisotopic (exact) mass is 382 g/mol. The van der Waals surface area contributed by atoms with Crippen molar-refractivity contribution in [3.8, 4) is 11.5 Å². The van der Waals surface area contributed by atoms with E-state index in [-0.39, 0.29) is 30.4 Å². The number of hydrogen-bond donors (Lipinski definition) is 1. The first-order valence-electron chi connectivity index (χ1n) is 9.55. The van der Waals surface area contributed by atoms with Gasteiger partial charge in [0.05, 0.1) is 19.0 Å². The number of rotatable bonds is 7. The molecule has 148 valence electrons. The second-order valence-electron chi connectivity index (χ2n) is 6.80. The smallest absolute Gasteiger partial charge is 0.225 e. The highest BCUT2D eigenvalue weighted by molar-refractivity contribution is 5.79. The molecule has 6 nitrogen and oxygen atoms in total. The lowest BCUT2D eigenvalue weighted by Crippen LogP contribution is -2.44. The van der Waals surface area contributed by atoms with E-state index in [0.29, 0.717) is 25.4 Å². The number of hydrogen-bond acceptors (Lipinski definition) is 4. The SMILES string of the molecule is CCN(CC1COc2ccccc2O1)C(=O)CC(NC(C)=O)c1ccccc1. The Morgan fingerprint density at radius 3 is 2.46 bits per heavy atom. The Bertz CT molecular complexity index is 809. The Morgan fingerprint density at radius 1 is 1.11 bits per heavy atom. The first-order chi connectivity index (χ1) is 13.6. The summed E-state index contributed by atoms with van der Waals surface area (Å²) in [5, 5.41) is 2.88. The van der Waals surface area contributed by atoms with Crippen molar-refractivity contribution in [2.75, 3.05) is 19.7 Å². The quantitative estimate of drug-likeness (QED) is 0.800. The summed E-state index contributed by atoms with van der Waals surface area (Å²) < 4.78 is 11.7. The van der Waals surface area contributed by atoms with Crippen molar-refractivity contribution in [3.63, 3.8) is 0 Å². The van der Waals surface area contributed by atoms with Gasteiger partial charge in [0.1, 0.15) is 6.61 Å². The number of amides is 2. The molecule has 0 fully saturated rings. The maximum atomic E-state index is 12.9. The van der Waals surface area contributed by atoms with Gasteiger partial charge < -0.3 is 19.7 Å². The van der Waals surface area contributed by atoms with Crippen LogP contribution in [0.1, 0.15) is 31.9 Å². The predicted octanol–water partition coefficient (Wildman–Crippen LogP) is 2.94. The fraction of sp³-hybridized carbons (Fsp3) is 0.364. The second-order valence-corrected chi connectivity index (χ2v) is 6.80. The van der Waals surface area contributed by atoms with E-state index in [4.69, 9.17) is 9.47 Å². The van der Waals surface area contributed by atoms with Crippen LogP contribution in [-0.4, -0.2) is 42.5 Å². The number of carbonyl (C=O) groups excluding carboxylic acids is 2. The summed E-state index contributed by atoms with van der Waals surface area (Å²) in [6.07, 6.45) is -0.0311. The highest BCUT2D eigenvalue weighted by atomic mass is 16.6. The van der Waals surface area contributed by atoms with Crippen LogP contribution in [0.25, 0.3) is 0 Å². The van der Waals surface area contributed by atoms with E-state index < -0.39 is 0 Å². The van der Waals surface area contributed by atoms with Crippen LogP contribution in [0.4, 0.5) is 0 Å². The second kappa shape index (κ2) is 9.26. The van der Waals surface area contributed by atoms with E-state index in [2.05, 4.69) is 5.32 Å². The molecule has 1 heterocycles. The topological polar surface area (TPSA) is 67.9 Å². The summed E-state index contributed by atoms with van der Waals surface area (Å²) in [6.45, 7) is 4.79. The van der Waals surface area contributed by atoms with Crippen molar-refractivity contribution in [2.24, 2.45) is 0 Å². The van der Waals surface area contributed by atoms with Gasteiger partial charge >= 0.3 is 0 Å². The molecule has 0 saturated carbocycles. The Hall–Kier alpha value is -3.02. The Kier molecular flexibility index (Phi) is 6.53. The number of benzene rings is 2. The zero-order valence-corrected chi connectivity index (χ0v) is 16.3. The maximum Gasteiger partial charge on any atom is 0.225 e. The number of nitrogens with one attached hydrogen (secondary N) is 1. The van der Waals surface area contributed by atoms with Gasteiger partial charge in [0, 0.05) is 13.5 Å². The molecule has 2 unspecified atom stereocenters. The first-order valence-corrected chi connectivity index (χ1v) is 9.55. The van der Waals surface area contributed by atoms with Gasteiger partial charge in [-0.3, -0.25) is 9.59 Å². The van der Waals surface area contributed by atoms with Crippen LogP contribution in [0, 0.1) is 0 Å². The molecule has 28 heavy (non-hydrogen) atoms. The van der Waals surface area contributed by atoms with E-state index in [9.17, 15) is 9.59 Å². The minimum atomic E-state index is -0.357. The number of fused-ring (bicyclic) bond motifs is 1. The molecule has 0 saturated heterocycles. The van der Waals surface area contributed by atoms with Gasteiger partial charge in [-0.1, -0.05) is 42.5 Å². The van der Waals surface area contributed by atoms with Gasteiger partial charge in [-0.2, -0.15) is 0 Å². The van der Waals surface area contributed by atoms with Crippen LogP contribution in [0.3, 0.4) is 0 Å². The number of carbonyl (C=O) groups is 2. The minimum Gasteiger partial charge on any atom is -0.486 e. The molecule has 2 aromatic carbocycles. The van der Waals surface area contributed by atoms with E-state index in [1.54, 1.807) is 4.90 Å². The highest BCUT2D eigenvalue weighted by Gasteiger charge is 2.26. The van der Waals surface area contributed by atoms with E-state index in [1.807, 2.05) is 61.5 Å². The minimum absolute atomic E-state index is 0.0347. The van der Waals surface area contributed by atoms with Crippen LogP contribution >= 0.6 is 0 Å². The third kappa shape index (κ3) is 5.03. The molecule has 2 atom stereocenters. The lowest BCUT2D eigenvalue weighted by Gasteiger charge is -2.31. The molecule has 0 aliphatic carbocycles. The van der Waals surface area contributed by atoms with E-state index >= 15 is 0 Å². The predicted molar refractivity (Wildman–Crippen MR) is 106 cm³/mol. The van der Waals surface area contributed by atoms with Crippen molar-refractivity contribution in [1.82, 2.24) is 10.2 Å². The molecule has 1 N–H and O–H groups in total. The van der Waals surface area contributed by atoms with Gasteiger partial charge in [-0.05, 0) is 24.6 Å². The zero-order valence-electron chi connectivity index (χ0n) is 16.3. The maximum absolute atomic E-state index is 12.9. The van der Waals surface area contributed by atoms with Crippen LogP contribution in [0.5, 0.6) is 11.5 Å². The zero-order chi connectivity index (χ0) is 19.9. The van der Waals surface area contributed by atoms with Gasteiger partial charge in [0.15, 0.2) is 17.6 Å². The van der Waals surface area contributed by atoms with Crippen molar-refractivity contribution < 1.29 is 19.1 Å². The molecule has 1 aliphatic rings. The normalized spacial score (nSPS) is 16.1. The lowest BCUT2D eigenvalue weighted by molar-refractivity contribution is -0.133. The number of nitrogens with zero attached hydrogens (tertiary/aromatic N) is 1. The third-order valence-electron chi connectivity index (χ3n) is 4.68. The van der Waals surface area contributed by atoms with Crippen molar-refractivity contribution in [1.29, 1.82) is 0 Å². The summed E-state index contributed by atoms with van der Waals surface area (Å²) in [5.74, 6) is 1.23. The van der Waals surface area contributed by atoms with E-state index in [1.165, 1.54) is 6.92 Å².